The molecule has 0 saturated carbocycles. The van der Waals surface area contributed by atoms with Crippen molar-refractivity contribution in [1.29, 1.82) is 0 Å². The molecule has 1 aromatic carbocycles. The van der Waals surface area contributed by atoms with Crippen LogP contribution in [0.25, 0.3) is 11.1 Å². The zero-order valence-electron chi connectivity index (χ0n) is 19.6. The first-order chi connectivity index (χ1) is 16.5. The van der Waals surface area contributed by atoms with Crippen LogP contribution in [0.5, 0.6) is 11.5 Å². The van der Waals surface area contributed by atoms with Crippen LogP contribution in [0.2, 0.25) is 0 Å². The zero-order valence-corrected chi connectivity index (χ0v) is 19.6. The van der Waals surface area contributed by atoms with Crippen LogP contribution in [0.4, 0.5) is 17.5 Å². The summed E-state index contributed by atoms with van der Waals surface area (Å²) in [7, 11) is 3.81. The molecule has 0 radical (unpaired) electrons. The van der Waals surface area contributed by atoms with Gasteiger partial charge in [-0.25, -0.2) is 14.8 Å². The molecule has 3 aromatic rings. The summed E-state index contributed by atoms with van der Waals surface area (Å²) in [6, 6.07) is 5.96. The van der Waals surface area contributed by atoms with Crippen molar-refractivity contribution in [1.82, 2.24) is 24.4 Å². The Bertz CT molecular complexity index is 1220. The van der Waals surface area contributed by atoms with Gasteiger partial charge in [-0.05, 0) is 50.0 Å². The number of aromatic nitrogens is 4. The molecular weight excluding hydrogens is 432 g/mol. The SMILES string of the molecule is CN(C)c1ncc(-c2ccc3c(c2)Nc2nc(=O)n(C4CCN(CCCN)CC4)cc2O3)cn1. The molecule has 178 valence electrons. The van der Waals surface area contributed by atoms with Crippen LogP contribution in [0.15, 0.2) is 41.6 Å². The van der Waals surface area contributed by atoms with E-state index in [1.807, 2.05) is 37.2 Å². The van der Waals surface area contributed by atoms with Gasteiger partial charge in [-0.1, -0.05) is 6.07 Å². The molecule has 2 aliphatic rings. The van der Waals surface area contributed by atoms with Crippen molar-refractivity contribution in [2.75, 3.05) is 50.5 Å². The predicted molar refractivity (Wildman–Crippen MR) is 132 cm³/mol. The highest BCUT2D eigenvalue weighted by Crippen LogP contribution is 2.42. The third kappa shape index (κ3) is 4.46. The molecule has 1 fully saturated rings. The monoisotopic (exact) mass is 462 g/mol. The van der Waals surface area contributed by atoms with E-state index in [0.29, 0.717) is 29.8 Å². The number of hydrogen-bond acceptors (Lipinski definition) is 9. The van der Waals surface area contributed by atoms with Gasteiger partial charge in [0.1, 0.15) is 0 Å². The lowest BCUT2D eigenvalue weighted by Gasteiger charge is -2.33. The van der Waals surface area contributed by atoms with Crippen LogP contribution in [-0.2, 0) is 0 Å². The topological polar surface area (TPSA) is 114 Å². The van der Waals surface area contributed by atoms with E-state index in [2.05, 4.69) is 25.2 Å². The van der Waals surface area contributed by atoms with Crippen molar-refractivity contribution in [3.63, 3.8) is 0 Å². The Morgan fingerprint density at radius 1 is 1.15 bits per heavy atom. The zero-order chi connectivity index (χ0) is 23.7. The summed E-state index contributed by atoms with van der Waals surface area (Å²) in [5, 5.41) is 3.26. The summed E-state index contributed by atoms with van der Waals surface area (Å²) < 4.78 is 7.86. The maximum Gasteiger partial charge on any atom is 0.350 e. The van der Waals surface area contributed by atoms with Gasteiger partial charge in [-0.15, -0.1) is 0 Å². The van der Waals surface area contributed by atoms with Gasteiger partial charge in [0, 0.05) is 51.2 Å². The molecule has 2 aromatic heterocycles. The average molecular weight is 463 g/mol. The van der Waals surface area contributed by atoms with Gasteiger partial charge in [-0.2, -0.15) is 4.98 Å². The lowest BCUT2D eigenvalue weighted by molar-refractivity contribution is 0.182. The van der Waals surface area contributed by atoms with Crippen molar-refractivity contribution in [3.05, 3.63) is 47.3 Å². The molecule has 4 heterocycles. The number of likely N-dealkylation sites (tertiary alicyclic amines) is 1. The highest BCUT2D eigenvalue weighted by Gasteiger charge is 2.25. The number of rotatable bonds is 6. The molecule has 10 nitrogen and oxygen atoms in total. The number of benzene rings is 1. The Hall–Kier alpha value is -3.50. The molecule has 34 heavy (non-hydrogen) atoms. The first-order valence-corrected chi connectivity index (χ1v) is 11.7. The molecule has 2 aliphatic heterocycles. The fourth-order valence-electron chi connectivity index (χ4n) is 4.46. The molecule has 5 rings (SSSR count). The highest BCUT2D eigenvalue weighted by atomic mass is 16.5. The maximum atomic E-state index is 12.8. The van der Waals surface area contributed by atoms with Gasteiger partial charge >= 0.3 is 5.69 Å². The van der Waals surface area contributed by atoms with Crippen LogP contribution in [0, 0.1) is 0 Å². The van der Waals surface area contributed by atoms with Crippen LogP contribution in [-0.4, -0.2) is 64.7 Å². The first kappa shape index (κ1) is 22.3. The van der Waals surface area contributed by atoms with Crippen molar-refractivity contribution in [2.45, 2.75) is 25.3 Å². The van der Waals surface area contributed by atoms with E-state index in [1.54, 1.807) is 23.2 Å². The second-order valence-corrected chi connectivity index (χ2v) is 8.96. The van der Waals surface area contributed by atoms with Crippen molar-refractivity contribution in [2.24, 2.45) is 5.73 Å². The standard InChI is InChI=1S/C24H30N8O2/c1-30(2)23-26-13-17(14-27-23)16-4-5-20-19(12-16)28-22-21(34-20)15-32(24(33)29-22)18-6-10-31(11-7-18)9-3-8-25/h4-5,12-15,18H,3,6-11,25H2,1-2H3,(H,28,29,33). The first-order valence-electron chi connectivity index (χ1n) is 11.7. The molecular formula is C24H30N8O2. The summed E-state index contributed by atoms with van der Waals surface area (Å²) in [5.41, 5.74) is 7.95. The summed E-state index contributed by atoms with van der Waals surface area (Å²) in [6.07, 6.45) is 8.20. The number of nitrogens with one attached hydrogen (secondary N) is 1. The quantitative estimate of drug-likeness (QED) is 0.446. The lowest BCUT2D eigenvalue weighted by Crippen LogP contribution is -2.39. The molecule has 1 saturated heterocycles. The third-order valence-electron chi connectivity index (χ3n) is 6.37. The maximum absolute atomic E-state index is 12.8. The summed E-state index contributed by atoms with van der Waals surface area (Å²) >= 11 is 0. The summed E-state index contributed by atoms with van der Waals surface area (Å²) in [5.74, 6) is 2.33. The Kier molecular flexibility index (Phi) is 6.16. The molecule has 0 atom stereocenters. The second-order valence-electron chi connectivity index (χ2n) is 8.96. The van der Waals surface area contributed by atoms with Crippen LogP contribution in [0.3, 0.4) is 0 Å². The largest absolute Gasteiger partial charge is 0.450 e. The number of nitrogens with two attached hydrogens (primary N) is 1. The number of ether oxygens (including phenoxy) is 1. The molecule has 0 spiro atoms. The van der Waals surface area contributed by atoms with E-state index in [1.165, 1.54) is 0 Å². The Morgan fingerprint density at radius 3 is 2.62 bits per heavy atom. The average Bonchev–Trinajstić information content (AvgIpc) is 2.86. The van der Waals surface area contributed by atoms with E-state index >= 15 is 0 Å². The predicted octanol–water partition coefficient (Wildman–Crippen LogP) is 2.60. The highest BCUT2D eigenvalue weighted by molar-refractivity contribution is 5.78. The van der Waals surface area contributed by atoms with Gasteiger partial charge in [-0.3, -0.25) is 4.57 Å². The van der Waals surface area contributed by atoms with Gasteiger partial charge < -0.3 is 25.6 Å². The lowest BCUT2D eigenvalue weighted by atomic mass is 10.0. The third-order valence-corrected chi connectivity index (χ3v) is 6.37. The van der Waals surface area contributed by atoms with E-state index in [4.69, 9.17) is 10.5 Å². The number of anilines is 3. The van der Waals surface area contributed by atoms with E-state index in [0.717, 1.165) is 55.7 Å². The normalized spacial score (nSPS) is 15.7. The minimum absolute atomic E-state index is 0.122. The van der Waals surface area contributed by atoms with Gasteiger partial charge in [0.2, 0.25) is 5.95 Å². The molecule has 0 amide bonds. The molecule has 3 N–H and O–H groups in total. The van der Waals surface area contributed by atoms with Gasteiger partial charge in [0.25, 0.3) is 0 Å². The Morgan fingerprint density at radius 2 is 1.91 bits per heavy atom. The van der Waals surface area contributed by atoms with Crippen LogP contribution in [0.1, 0.15) is 25.3 Å². The van der Waals surface area contributed by atoms with E-state index in [9.17, 15) is 4.79 Å². The van der Waals surface area contributed by atoms with E-state index in [-0.39, 0.29) is 11.7 Å². The van der Waals surface area contributed by atoms with Gasteiger partial charge in [0.05, 0.1) is 11.9 Å². The Labute approximate surface area is 198 Å². The fraction of sp³-hybridized carbons (Fsp3) is 0.417. The number of fused-ring (bicyclic) bond motifs is 2. The minimum atomic E-state index is -0.262. The fourth-order valence-corrected chi connectivity index (χ4v) is 4.46. The number of hydrogen-bond donors (Lipinski definition) is 2. The summed E-state index contributed by atoms with van der Waals surface area (Å²) in [6.45, 7) is 3.63. The van der Waals surface area contributed by atoms with Gasteiger partial charge in [0.15, 0.2) is 17.3 Å². The number of piperidine rings is 1. The molecule has 10 heteroatoms. The molecule has 0 bridgehead atoms. The Balaban J connectivity index is 1.33. The smallest absolute Gasteiger partial charge is 0.350 e. The summed E-state index contributed by atoms with van der Waals surface area (Å²) in [4.78, 5) is 30.2. The van der Waals surface area contributed by atoms with Crippen molar-refractivity contribution in [3.8, 4) is 22.6 Å². The van der Waals surface area contributed by atoms with Crippen molar-refractivity contribution < 1.29 is 4.74 Å². The van der Waals surface area contributed by atoms with Crippen LogP contribution >= 0.6 is 0 Å². The minimum Gasteiger partial charge on any atom is -0.450 e. The van der Waals surface area contributed by atoms with E-state index < -0.39 is 0 Å². The molecule has 0 unspecified atom stereocenters. The number of nitrogens with zero attached hydrogens (tertiary/aromatic N) is 6. The van der Waals surface area contributed by atoms with Crippen molar-refractivity contribution >= 4 is 17.5 Å². The molecule has 0 aliphatic carbocycles. The van der Waals surface area contributed by atoms with Crippen LogP contribution < -0.4 is 26.4 Å². The second kappa shape index (κ2) is 9.40.